The molecule has 114 valence electrons. The van der Waals surface area contributed by atoms with Gasteiger partial charge in [-0.3, -0.25) is 0 Å². The summed E-state index contributed by atoms with van der Waals surface area (Å²) < 4.78 is 16.0. The van der Waals surface area contributed by atoms with E-state index in [1.165, 1.54) is 0 Å². The molecule has 2 rings (SSSR count). The number of rotatable bonds is 3. The quantitative estimate of drug-likeness (QED) is 0.896. The summed E-state index contributed by atoms with van der Waals surface area (Å²) in [5.74, 6) is 1.76. The van der Waals surface area contributed by atoms with Gasteiger partial charge < -0.3 is 25.1 Å². The van der Waals surface area contributed by atoms with Crippen molar-refractivity contribution in [3.63, 3.8) is 0 Å². The minimum atomic E-state index is -0.669. The van der Waals surface area contributed by atoms with Crippen LogP contribution in [0, 0.1) is 5.41 Å². The van der Waals surface area contributed by atoms with Crippen LogP contribution in [-0.2, 0) is 0 Å². The lowest BCUT2D eigenvalue weighted by Crippen LogP contribution is -2.36. The van der Waals surface area contributed by atoms with Gasteiger partial charge in [0.2, 0.25) is 12.5 Å². The number of ether oxygens (including phenoxy) is 3. The standard InChI is InChI=1S/C14H21NO4.ClH/c1-14(2,3)13(16)11(15)8-5-9(17-4)12-10(6-8)18-7-19-12;/h5-6,11,13,16H,7,15H2,1-4H3;1H/t11-,13-;/m0./s1. The van der Waals surface area contributed by atoms with Crippen LogP contribution in [0.3, 0.4) is 0 Å². The lowest BCUT2D eigenvalue weighted by Gasteiger charge is -2.31. The van der Waals surface area contributed by atoms with Crippen molar-refractivity contribution in [3.05, 3.63) is 17.7 Å². The molecule has 3 N–H and O–H groups in total. The first-order chi connectivity index (χ1) is 8.84. The second-order valence-electron chi connectivity index (χ2n) is 5.79. The van der Waals surface area contributed by atoms with Crippen molar-refractivity contribution < 1.29 is 19.3 Å². The monoisotopic (exact) mass is 303 g/mol. The first-order valence-electron chi connectivity index (χ1n) is 6.25. The lowest BCUT2D eigenvalue weighted by atomic mass is 9.82. The van der Waals surface area contributed by atoms with Gasteiger partial charge in [0.25, 0.3) is 0 Å². The van der Waals surface area contributed by atoms with Gasteiger partial charge in [-0.25, -0.2) is 0 Å². The van der Waals surface area contributed by atoms with Gasteiger partial charge in [-0.2, -0.15) is 0 Å². The fourth-order valence-corrected chi connectivity index (χ4v) is 2.06. The summed E-state index contributed by atoms with van der Waals surface area (Å²) >= 11 is 0. The largest absolute Gasteiger partial charge is 0.493 e. The van der Waals surface area contributed by atoms with Gasteiger partial charge in [0, 0.05) is 0 Å². The molecule has 0 saturated carbocycles. The zero-order valence-corrected chi connectivity index (χ0v) is 13.0. The second kappa shape index (κ2) is 6.08. The van der Waals surface area contributed by atoms with Crippen LogP contribution in [0.15, 0.2) is 12.1 Å². The molecule has 1 heterocycles. The van der Waals surface area contributed by atoms with Crippen LogP contribution in [-0.4, -0.2) is 25.1 Å². The van der Waals surface area contributed by atoms with E-state index < -0.39 is 12.1 Å². The molecule has 1 aliphatic rings. The first kappa shape index (κ1) is 16.9. The second-order valence-corrected chi connectivity index (χ2v) is 5.79. The Morgan fingerprint density at radius 2 is 1.95 bits per heavy atom. The van der Waals surface area contributed by atoms with E-state index in [9.17, 15) is 5.11 Å². The zero-order chi connectivity index (χ0) is 14.2. The van der Waals surface area contributed by atoms with Gasteiger partial charge in [-0.05, 0) is 23.1 Å². The van der Waals surface area contributed by atoms with Crippen molar-refractivity contribution >= 4 is 12.4 Å². The third-order valence-electron chi connectivity index (χ3n) is 3.29. The van der Waals surface area contributed by atoms with Crippen molar-refractivity contribution in [1.29, 1.82) is 0 Å². The Morgan fingerprint density at radius 3 is 2.50 bits per heavy atom. The van der Waals surface area contributed by atoms with E-state index in [0.29, 0.717) is 17.2 Å². The summed E-state index contributed by atoms with van der Waals surface area (Å²) in [7, 11) is 1.56. The van der Waals surface area contributed by atoms with Gasteiger partial charge in [0.1, 0.15) is 0 Å². The van der Waals surface area contributed by atoms with E-state index in [-0.39, 0.29) is 24.6 Å². The van der Waals surface area contributed by atoms with Crippen molar-refractivity contribution in [2.24, 2.45) is 11.1 Å². The smallest absolute Gasteiger partial charge is 0.231 e. The average molecular weight is 304 g/mol. The molecule has 0 aromatic heterocycles. The number of nitrogens with two attached hydrogens (primary N) is 1. The van der Waals surface area contributed by atoms with E-state index in [0.717, 1.165) is 5.56 Å². The van der Waals surface area contributed by atoms with Crippen LogP contribution >= 0.6 is 12.4 Å². The highest BCUT2D eigenvalue weighted by Crippen LogP contribution is 2.43. The summed E-state index contributed by atoms with van der Waals surface area (Å²) in [4.78, 5) is 0. The molecule has 1 aromatic rings. The van der Waals surface area contributed by atoms with Crippen molar-refractivity contribution in [3.8, 4) is 17.2 Å². The Labute approximate surface area is 125 Å². The van der Waals surface area contributed by atoms with Crippen molar-refractivity contribution in [2.75, 3.05) is 13.9 Å². The molecule has 0 spiro atoms. The average Bonchev–Trinajstić information content (AvgIpc) is 2.82. The third kappa shape index (κ3) is 3.11. The predicted octanol–water partition coefficient (Wildman–Crippen LogP) is 2.25. The highest BCUT2D eigenvalue weighted by molar-refractivity contribution is 5.85. The molecule has 0 fully saturated rings. The normalized spacial score (nSPS) is 16.3. The number of methoxy groups -OCH3 is 1. The summed E-state index contributed by atoms with van der Waals surface area (Å²) in [6.07, 6.45) is -0.669. The summed E-state index contributed by atoms with van der Waals surface area (Å²) in [5, 5.41) is 10.3. The number of aliphatic hydroxyl groups is 1. The van der Waals surface area contributed by atoms with Crippen LogP contribution in [0.2, 0.25) is 0 Å². The molecule has 0 aliphatic carbocycles. The van der Waals surface area contributed by atoms with Gasteiger partial charge in [-0.15, -0.1) is 12.4 Å². The number of aliphatic hydroxyl groups excluding tert-OH is 1. The number of benzene rings is 1. The molecule has 0 bridgehead atoms. The Bertz CT molecular complexity index is 473. The number of fused-ring (bicyclic) bond motifs is 1. The van der Waals surface area contributed by atoms with E-state index in [1.807, 2.05) is 20.8 Å². The van der Waals surface area contributed by atoms with Crippen molar-refractivity contribution in [1.82, 2.24) is 0 Å². The Kier molecular flexibility index (Phi) is 5.13. The van der Waals surface area contributed by atoms with Crippen molar-refractivity contribution in [2.45, 2.75) is 32.9 Å². The maximum Gasteiger partial charge on any atom is 0.231 e. The molecule has 1 aromatic carbocycles. The molecular weight excluding hydrogens is 282 g/mol. The van der Waals surface area contributed by atoms with Gasteiger partial charge in [0.05, 0.1) is 19.3 Å². The van der Waals surface area contributed by atoms with E-state index in [2.05, 4.69) is 0 Å². The first-order valence-corrected chi connectivity index (χ1v) is 6.25. The maximum atomic E-state index is 10.3. The van der Waals surface area contributed by atoms with E-state index in [1.54, 1.807) is 19.2 Å². The number of halogens is 1. The highest BCUT2D eigenvalue weighted by atomic mass is 35.5. The molecule has 20 heavy (non-hydrogen) atoms. The topological polar surface area (TPSA) is 73.9 Å². The molecule has 0 amide bonds. The molecule has 1 aliphatic heterocycles. The zero-order valence-electron chi connectivity index (χ0n) is 12.2. The van der Waals surface area contributed by atoms with E-state index >= 15 is 0 Å². The fraction of sp³-hybridized carbons (Fsp3) is 0.571. The number of hydrogen-bond donors (Lipinski definition) is 2. The predicted molar refractivity (Wildman–Crippen MR) is 78.8 cm³/mol. The summed E-state index contributed by atoms with van der Waals surface area (Å²) in [6.45, 7) is 6.01. The van der Waals surface area contributed by atoms with Crippen LogP contribution in [0.5, 0.6) is 17.2 Å². The summed E-state index contributed by atoms with van der Waals surface area (Å²) in [6, 6.07) is 3.07. The van der Waals surface area contributed by atoms with E-state index in [4.69, 9.17) is 19.9 Å². The Hall–Kier alpha value is -1.17. The van der Waals surface area contributed by atoms with Gasteiger partial charge in [0.15, 0.2) is 11.5 Å². The molecule has 2 atom stereocenters. The molecule has 0 saturated heterocycles. The maximum absolute atomic E-state index is 10.3. The number of hydrogen-bond acceptors (Lipinski definition) is 5. The fourth-order valence-electron chi connectivity index (χ4n) is 2.06. The molecule has 6 heteroatoms. The summed E-state index contributed by atoms with van der Waals surface area (Å²) in [5.41, 5.74) is 6.60. The van der Waals surface area contributed by atoms with Crippen LogP contribution < -0.4 is 19.9 Å². The van der Waals surface area contributed by atoms with Gasteiger partial charge in [-0.1, -0.05) is 20.8 Å². The van der Waals surface area contributed by atoms with Crippen LogP contribution in [0.25, 0.3) is 0 Å². The van der Waals surface area contributed by atoms with Crippen LogP contribution in [0.1, 0.15) is 32.4 Å². The van der Waals surface area contributed by atoms with Crippen LogP contribution in [0.4, 0.5) is 0 Å². The minimum Gasteiger partial charge on any atom is -0.493 e. The molecule has 5 nitrogen and oxygen atoms in total. The Balaban J connectivity index is 0.00000200. The molecule has 0 radical (unpaired) electrons. The lowest BCUT2D eigenvalue weighted by molar-refractivity contribution is 0.0400. The third-order valence-corrected chi connectivity index (χ3v) is 3.29. The highest BCUT2D eigenvalue weighted by Gasteiger charge is 2.31. The molecule has 0 unspecified atom stereocenters. The van der Waals surface area contributed by atoms with Gasteiger partial charge >= 0.3 is 0 Å². The SMILES string of the molecule is COc1cc([C@H](N)[C@H](O)C(C)(C)C)cc2c1OCO2.Cl. The minimum absolute atomic E-state index is 0. The Morgan fingerprint density at radius 1 is 1.30 bits per heavy atom. The molecular formula is C14H22ClNO4.